The first-order chi connectivity index (χ1) is 17.5. The Hall–Kier alpha value is -3.85. The summed E-state index contributed by atoms with van der Waals surface area (Å²) in [5, 5.41) is 3.84. The van der Waals surface area contributed by atoms with E-state index in [1.54, 1.807) is 48.7 Å². The van der Waals surface area contributed by atoms with Gasteiger partial charge in [0.2, 0.25) is 5.75 Å². The predicted octanol–water partition coefficient (Wildman–Crippen LogP) is 5.14. The van der Waals surface area contributed by atoms with Crippen LogP contribution in [0.5, 0.6) is 34.5 Å². The maximum Gasteiger partial charge on any atom is 0.203 e. The van der Waals surface area contributed by atoms with E-state index in [1.807, 2.05) is 53.4 Å². The van der Waals surface area contributed by atoms with Gasteiger partial charge >= 0.3 is 0 Å². The van der Waals surface area contributed by atoms with Crippen molar-refractivity contribution in [3.05, 3.63) is 65.7 Å². The molecule has 0 saturated heterocycles. The van der Waals surface area contributed by atoms with Crippen molar-refractivity contribution in [3.63, 3.8) is 0 Å². The summed E-state index contributed by atoms with van der Waals surface area (Å²) in [4.78, 5) is 2.04. The number of methoxy groups -OCH3 is 6. The molecule has 192 valence electrons. The Morgan fingerprint density at radius 2 is 1.19 bits per heavy atom. The van der Waals surface area contributed by atoms with Crippen LogP contribution in [0.25, 0.3) is 0 Å². The molecule has 0 fully saturated rings. The van der Waals surface area contributed by atoms with E-state index in [9.17, 15) is 0 Å². The van der Waals surface area contributed by atoms with Gasteiger partial charge in [-0.2, -0.15) is 0 Å². The van der Waals surface area contributed by atoms with Crippen molar-refractivity contribution in [1.82, 2.24) is 4.90 Å². The van der Waals surface area contributed by atoms with Gasteiger partial charge in [-0.1, -0.05) is 12.1 Å². The molecule has 0 aliphatic heterocycles. The fraction of sp³-hybridized carbons (Fsp3) is 0.296. The van der Waals surface area contributed by atoms with E-state index in [2.05, 4.69) is 5.32 Å². The molecule has 0 unspecified atom stereocenters. The lowest BCUT2D eigenvalue weighted by atomic mass is 10.1. The van der Waals surface area contributed by atoms with Gasteiger partial charge in [-0.05, 0) is 59.7 Å². The standard InChI is InChI=1S/C27H32N2O6S/c1-30-20-9-7-18(8-10-20)16-29(17-19-13-24(33-4)26(35-6)25(14-19)34-5)27(36)28-22-12-11-21(31-2)15-23(22)32-3/h7-15H,16-17H2,1-6H3,(H,28,36). The van der Waals surface area contributed by atoms with E-state index in [0.29, 0.717) is 46.9 Å². The SMILES string of the molecule is COc1ccc(CN(Cc2cc(OC)c(OC)c(OC)c2)C(=S)Nc2ccc(OC)cc2OC)cc1. The lowest BCUT2D eigenvalue weighted by Gasteiger charge is -2.27. The third-order valence-electron chi connectivity index (χ3n) is 5.57. The summed E-state index contributed by atoms with van der Waals surface area (Å²) in [6, 6.07) is 17.2. The zero-order chi connectivity index (χ0) is 26.1. The number of anilines is 1. The highest BCUT2D eigenvalue weighted by atomic mass is 32.1. The topological polar surface area (TPSA) is 70.7 Å². The van der Waals surface area contributed by atoms with E-state index in [0.717, 1.165) is 22.6 Å². The minimum Gasteiger partial charge on any atom is -0.497 e. The first-order valence-electron chi connectivity index (χ1n) is 11.2. The zero-order valence-electron chi connectivity index (χ0n) is 21.4. The van der Waals surface area contributed by atoms with Crippen LogP contribution in [0.2, 0.25) is 0 Å². The molecule has 3 aromatic carbocycles. The summed E-state index contributed by atoms with van der Waals surface area (Å²) in [5.74, 6) is 3.79. The van der Waals surface area contributed by atoms with Crippen molar-refractivity contribution in [2.24, 2.45) is 0 Å². The number of nitrogens with zero attached hydrogens (tertiary/aromatic N) is 1. The third kappa shape index (κ3) is 6.42. The summed E-state index contributed by atoms with van der Waals surface area (Å²) in [7, 11) is 9.63. The van der Waals surface area contributed by atoms with Crippen LogP contribution in [-0.2, 0) is 13.1 Å². The van der Waals surface area contributed by atoms with Crippen molar-refractivity contribution in [1.29, 1.82) is 0 Å². The van der Waals surface area contributed by atoms with Gasteiger partial charge < -0.3 is 38.6 Å². The number of hydrogen-bond donors (Lipinski definition) is 1. The smallest absolute Gasteiger partial charge is 0.203 e. The second-order valence-electron chi connectivity index (χ2n) is 7.73. The number of thiocarbonyl (C=S) groups is 1. The molecule has 0 aliphatic carbocycles. The van der Waals surface area contributed by atoms with Gasteiger partial charge in [-0.15, -0.1) is 0 Å². The third-order valence-corrected chi connectivity index (χ3v) is 5.93. The minimum atomic E-state index is 0.479. The van der Waals surface area contributed by atoms with Gasteiger partial charge in [0, 0.05) is 19.2 Å². The van der Waals surface area contributed by atoms with E-state index >= 15 is 0 Å². The summed E-state index contributed by atoms with van der Waals surface area (Å²) >= 11 is 5.86. The van der Waals surface area contributed by atoms with Crippen molar-refractivity contribution < 1.29 is 28.4 Å². The van der Waals surface area contributed by atoms with Gasteiger partial charge in [-0.3, -0.25) is 0 Å². The molecule has 0 atom stereocenters. The second-order valence-corrected chi connectivity index (χ2v) is 8.12. The molecule has 3 aromatic rings. The van der Waals surface area contributed by atoms with Crippen LogP contribution in [0.4, 0.5) is 5.69 Å². The van der Waals surface area contributed by atoms with Crippen molar-refractivity contribution in [3.8, 4) is 34.5 Å². The normalized spacial score (nSPS) is 10.3. The molecule has 0 heterocycles. The molecule has 1 N–H and O–H groups in total. The average Bonchev–Trinajstić information content (AvgIpc) is 2.92. The maximum absolute atomic E-state index is 5.86. The quantitative estimate of drug-likeness (QED) is 0.352. The molecule has 9 heteroatoms. The van der Waals surface area contributed by atoms with Gasteiger partial charge in [0.25, 0.3) is 0 Å². The van der Waals surface area contributed by atoms with Gasteiger partial charge in [0.15, 0.2) is 16.6 Å². The van der Waals surface area contributed by atoms with Crippen LogP contribution in [0.15, 0.2) is 54.6 Å². The molecule has 8 nitrogen and oxygen atoms in total. The van der Waals surface area contributed by atoms with E-state index in [4.69, 9.17) is 40.6 Å². The average molecular weight is 513 g/mol. The molecule has 3 rings (SSSR count). The molecule has 0 bridgehead atoms. The Labute approximate surface area is 217 Å². The summed E-state index contributed by atoms with van der Waals surface area (Å²) in [6.45, 7) is 1.03. The fourth-order valence-electron chi connectivity index (χ4n) is 3.69. The fourth-order valence-corrected chi connectivity index (χ4v) is 3.93. The van der Waals surface area contributed by atoms with Crippen LogP contribution >= 0.6 is 12.2 Å². The highest BCUT2D eigenvalue weighted by Crippen LogP contribution is 2.38. The molecule has 0 aliphatic rings. The van der Waals surface area contributed by atoms with Crippen LogP contribution in [-0.4, -0.2) is 52.7 Å². The Bertz CT molecular complexity index is 1140. The Balaban J connectivity index is 1.94. The lowest BCUT2D eigenvalue weighted by Crippen LogP contribution is -2.34. The molecular weight excluding hydrogens is 480 g/mol. The van der Waals surface area contributed by atoms with Crippen molar-refractivity contribution in [2.75, 3.05) is 48.0 Å². The predicted molar refractivity (Wildman–Crippen MR) is 144 cm³/mol. The molecule has 0 aromatic heterocycles. The monoisotopic (exact) mass is 512 g/mol. The molecule has 0 spiro atoms. The van der Waals surface area contributed by atoms with Crippen LogP contribution in [0.1, 0.15) is 11.1 Å². The highest BCUT2D eigenvalue weighted by molar-refractivity contribution is 7.80. The summed E-state index contributed by atoms with van der Waals surface area (Å²) in [5.41, 5.74) is 2.73. The molecule has 0 amide bonds. The largest absolute Gasteiger partial charge is 0.497 e. The second kappa shape index (κ2) is 12.7. The van der Waals surface area contributed by atoms with Crippen LogP contribution in [0, 0.1) is 0 Å². The number of nitrogens with one attached hydrogen (secondary N) is 1. The van der Waals surface area contributed by atoms with E-state index in [-0.39, 0.29) is 0 Å². The molecule has 36 heavy (non-hydrogen) atoms. The first-order valence-corrected chi connectivity index (χ1v) is 11.6. The van der Waals surface area contributed by atoms with E-state index < -0.39 is 0 Å². The van der Waals surface area contributed by atoms with Crippen LogP contribution < -0.4 is 33.7 Å². The zero-order valence-corrected chi connectivity index (χ0v) is 22.2. The van der Waals surface area contributed by atoms with Crippen molar-refractivity contribution >= 4 is 23.0 Å². The molecular formula is C27H32N2O6S. The maximum atomic E-state index is 5.86. The highest BCUT2D eigenvalue weighted by Gasteiger charge is 2.18. The number of rotatable bonds is 11. The summed E-state index contributed by atoms with van der Waals surface area (Å²) in [6.07, 6.45) is 0. The number of ether oxygens (including phenoxy) is 6. The van der Waals surface area contributed by atoms with Gasteiger partial charge in [0.05, 0.1) is 48.3 Å². The van der Waals surface area contributed by atoms with E-state index in [1.165, 1.54) is 0 Å². The Morgan fingerprint density at radius 1 is 0.639 bits per heavy atom. The molecule has 0 radical (unpaired) electrons. The lowest BCUT2D eigenvalue weighted by molar-refractivity contribution is 0.322. The Kier molecular flexibility index (Phi) is 9.46. The first kappa shape index (κ1) is 26.7. The van der Waals surface area contributed by atoms with Gasteiger partial charge in [-0.25, -0.2) is 0 Å². The summed E-state index contributed by atoms with van der Waals surface area (Å²) < 4.78 is 32.7. The Morgan fingerprint density at radius 3 is 1.72 bits per heavy atom. The number of benzene rings is 3. The van der Waals surface area contributed by atoms with Crippen LogP contribution in [0.3, 0.4) is 0 Å². The number of hydrogen-bond acceptors (Lipinski definition) is 7. The minimum absolute atomic E-state index is 0.479. The van der Waals surface area contributed by atoms with Crippen molar-refractivity contribution in [2.45, 2.75) is 13.1 Å². The van der Waals surface area contributed by atoms with Gasteiger partial charge in [0.1, 0.15) is 17.2 Å². The molecule has 0 saturated carbocycles.